The minimum Gasteiger partial charge on any atom is -0.378 e. The van der Waals surface area contributed by atoms with Gasteiger partial charge in [0.2, 0.25) is 5.91 Å². The maximum Gasteiger partial charge on any atom is 0.239 e. The number of rotatable bonds is 4. The van der Waals surface area contributed by atoms with Gasteiger partial charge < -0.3 is 20.3 Å². The van der Waals surface area contributed by atoms with E-state index in [1.165, 1.54) is 12.8 Å². The van der Waals surface area contributed by atoms with E-state index in [-0.39, 0.29) is 36.8 Å². The summed E-state index contributed by atoms with van der Waals surface area (Å²) in [5.41, 5.74) is 1.02. The summed E-state index contributed by atoms with van der Waals surface area (Å²) in [5.74, 6) is 1.84. The number of pyridine rings is 1. The number of aromatic nitrogens is 1. The molecule has 0 radical (unpaired) electrons. The van der Waals surface area contributed by atoms with Crippen molar-refractivity contribution in [2.45, 2.75) is 32.4 Å². The number of nitrogens with one attached hydrogen (secondary N) is 2. The van der Waals surface area contributed by atoms with Crippen LogP contribution in [0.4, 0.5) is 5.82 Å². The van der Waals surface area contributed by atoms with Crippen LogP contribution in [-0.4, -0.2) is 49.8 Å². The van der Waals surface area contributed by atoms with Crippen LogP contribution in [0, 0.1) is 5.92 Å². The average Bonchev–Trinajstić information content (AvgIpc) is 2.61. The highest BCUT2D eigenvalue weighted by Crippen LogP contribution is 2.21. The van der Waals surface area contributed by atoms with Gasteiger partial charge in [-0.15, -0.1) is 24.8 Å². The van der Waals surface area contributed by atoms with Crippen LogP contribution in [0.1, 0.15) is 25.3 Å². The average molecular weight is 391 g/mol. The number of carbonyl (C=O) groups is 1. The monoisotopic (exact) mass is 390 g/mol. The van der Waals surface area contributed by atoms with Gasteiger partial charge in [-0.1, -0.05) is 13.0 Å². The number of carbonyl (C=O) groups excluding carboxylic acids is 1. The molecule has 1 aromatic heterocycles. The first-order chi connectivity index (χ1) is 11.2. The molecule has 2 N–H and O–H groups in total. The smallest absolute Gasteiger partial charge is 0.239 e. The third-order valence-corrected chi connectivity index (χ3v) is 4.62. The van der Waals surface area contributed by atoms with E-state index in [0.29, 0.717) is 19.8 Å². The zero-order valence-corrected chi connectivity index (χ0v) is 16.2. The summed E-state index contributed by atoms with van der Waals surface area (Å²) in [6, 6.07) is 3.86. The third kappa shape index (κ3) is 6.29. The van der Waals surface area contributed by atoms with Gasteiger partial charge in [-0.2, -0.15) is 0 Å². The summed E-state index contributed by atoms with van der Waals surface area (Å²) >= 11 is 0. The van der Waals surface area contributed by atoms with E-state index in [0.717, 1.165) is 36.9 Å². The third-order valence-electron chi connectivity index (χ3n) is 4.62. The highest BCUT2D eigenvalue weighted by atomic mass is 35.5. The molecule has 142 valence electrons. The van der Waals surface area contributed by atoms with Crippen LogP contribution >= 0.6 is 24.8 Å². The Morgan fingerprint density at radius 1 is 1.36 bits per heavy atom. The Hall–Kier alpha value is -1.08. The van der Waals surface area contributed by atoms with Crippen LogP contribution in [0.2, 0.25) is 0 Å². The molecule has 0 aliphatic carbocycles. The molecular formula is C17H28Cl2N4O2. The number of nitrogens with zero attached hydrogens (tertiary/aromatic N) is 2. The lowest BCUT2D eigenvalue weighted by atomic mass is 9.99. The van der Waals surface area contributed by atoms with E-state index in [2.05, 4.69) is 33.5 Å². The van der Waals surface area contributed by atoms with E-state index >= 15 is 0 Å². The highest BCUT2D eigenvalue weighted by molar-refractivity contribution is 5.85. The van der Waals surface area contributed by atoms with Gasteiger partial charge in [0.05, 0.1) is 13.2 Å². The topological polar surface area (TPSA) is 66.5 Å². The molecule has 0 saturated carbocycles. The number of hydrogen-bond acceptors (Lipinski definition) is 5. The minimum absolute atomic E-state index is 0. The van der Waals surface area contributed by atoms with Crippen LogP contribution in [0.15, 0.2) is 18.3 Å². The second-order valence-corrected chi connectivity index (χ2v) is 6.49. The zero-order valence-electron chi connectivity index (χ0n) is 14.6. The predicted octanol–water partition coefficient (Wildman–Crippen LogP) is 1.77. The van der Waals surface area contributed by atoms with Crippen molar-refractivity contribution in [2.75, 3.05) is 37.7 Å². The first-order valence-corrected chi connectivity index (χ1v) is 8.51. The first-order valence-electron chi connectivity index (χ1n) is 8.51. The van der Waals surface area contributed by atoms with Crippen LogP contribution in [0.5, 0.6) is 0 Å². The van der Waals surface area contributed by atoms with Crippen LogP contribution < -0.4 is 15.5 Å². The summed E-state index contributed by atoms with van der Waals surface area (Å²) < 4.78 is 5.30. The predicted molar refractivity (Wildman–Crippen MR) is 104 cm³/mol. The molecule has 0 bridgehead atoms. The second-order valence-electron chi connectivity index (χ2n) is 6.49. The van der Waals surface area contributed by atoms with Crippen molar-refractivity contribution in [3.05, 3.63) is 23.9 Å². The van der Waals surface area contributed by atoms with Crippen molar-refractivity contribution in [3.8, 4) is 0 Å². The highest BCUT2D eigenvalue weighted by Gasteiger charge is 2.21. The Bertz CT molecular complexity index is 516. The van der Waals surface area contributed by atoms with E-state index < -0.39 is 0 Å². The molecule has 2 aliphatic heterocycles. The maximum absolute atomic E-state index is 12.0. The van der Waals surface area contributed by atoms with Crippen molar-refractivity contribution in [3.63, 3.8) is 0 Å². The van der Waals surface area contributed by atoms with Crippen LogP contribution in [-0.2, 0) is 16.1 Å². The minimum atomic E-state index is -0.244. The fraction of sp³-hybridized carbons (Fsp3) is 0.647. The summed E-state index contributed by atoms with van der Waals surface area (Å²) in [5, 5.41) is 6.09. The summed E-state index contributed by atoms with van der Waals surface area (Å²) in [4.78, 5) is 18.9. The summed E-state index contributed by atoms with van der Waals surface area (Å²) in [6.07, 6.45) is 4.32. The molecule has 1 amide bonds. The molecule has 2 saturated heterocycles. The molecule has 1 atom stereocenters. The molecule has 1 aromatic rings. The van der Waals surface area contributed by atoms with Crippen molar-refractivity contribution in [1.82, 2.24) is 15.6 Å². The Kier molecular flexibility index (Phi) is 9.50. The number of morpholine rings is 1. The Morgan fingerprint density at radius 3 is 2.72 bits per heavy atom. The zero-order chi connectivity index (χ0) is 16.1. The fourth-order valence-corrected chi connectivity index (χ4v) is 2.99. The molecule has 2 aliphatic rings. The van der Waals surface area contributed by atoms with E-state index in [9.17, 15) is 4.79 Å². The van der Waals surface area contributed by atoms with Crippen LogP contribution in [0.3, 0.4) is 0 Å². The SMILES string of the molecule is CC1CCN(c2ccc(CNC(=O)C3COCCN3)cn2)CC1.Cl.Cl. The second kappa shape index (κ2) is 10.8. The van der Waals surface area contributed by atoms with Gasteiger partial charge in [-0.05, 0) is 30.4 Å². The Morgan fingerprint density at radius 2 is 2.12 bits per heavy atom. The largest absolute Gasteiger partial charge is 0.378 e. The van der Waals surface area contributed by atoms with Crippen molar-refractivity contribution in [2.24, 2.45) is 5.92 Å². The van der Waals surface area contributed by atoms with Crippen LogP contribution in [0.25, 0.3) is 0 Å². The molecule has 0 aromatic carbocycles. The number of anilines is 1. The number of amides is 1. The number of hydrogen-bond donors (Lipinski definition) is 2. The van der Waals surface area contributed by atoms with Gasteiger partial charge in [0.15, 0.2) is 0 Å². The van der Waals surface area contributed by atoms with Crippen molar-refractivity contribution >= 4 is 36.5 Å². The lowest BCUT2D eigenvalue weighted by Gasteiger charge is -2.31. The maximum atomic E-state index is 12.0. The van der Waals surface area contributed by atoms with Gasteiger partial charge in [-0.25, -0.2) is 4.98 Å². The molecule has 2 fully saturated rings. The van der Waals surface area contributed by atoms with E-state index in [1.54, 1.807) is 0 Å². The van der Waals surface area contributed by atoms with Gasteiger partial charge >= 0.3 is 0 Å². The van der Waals surface area contributed by atoms with Gasteiger partial charge in [0.25, 0.3) is 0 Å². The number of halogens is 2. The van der Waals surface area contributed by atoms with Crippen molar-refractivity contribution < 1.29 is 9.53 Å². The molecule has 0 spiro atoms. The Balaban J connectivity index is 0.00000156. The Labute approximate surface area is 161 Å². The standard InChI is InChI=1S/C17H26N4O2.2ClH/c1-13-4-7-21(8-5-13)16-3-2-14(10-19-16)11-20-17(22)15-12-23-9-6-18-15;;/h2-3,10,13,15,18H,4-9,11-12H2,1H3,(H,20,22);2*1H. The molecule has 8 heteroatoms. The molecule has 3 heterocycles. The van der Waals surface area contributed by atoms with Gasteiger partial charge in [0, 0.05) is 32.4 Å². The quantitative estimate of drug-likeness (QED) is 0.819. The molecule has 6 nitrogen and oxygen atoms in total. The molecule has 1 unspecified atom stereocenters. The summed E-state index contributed by atoms with van der Waals surface area (Å²) in [6.45, 7) is 6.81. The number of ether oxygens (including phenoxy) is 1. The summed E-state index contributed by atoms with van der Waals surface area (Å²) in [7, 11) is 0. The first kappa shape index (κ1) is 22.0. The van der Waals surface area contributed by atoms with Gasteiger partial charge in [-0.3, -0.25) is 4.79 Å². The lowest BCUT2D eigenvalue weighted by Crippen LogP contribution is -2.51. The molecular weight excluding hydrogens is 363 g/mol. The van der Waals surface area contributed by atoms with E-state index in [4.69, 9.17) is 4.74 Å². The van der Waals surface area contributed by atoms with E-state index in [1.807, 2.05) is 12.3 Å². The number of piperidine rings is 1. The normalized spacial score (nSPS) is 21.0. The lowest BCUT2D eigenvalue weighted by molar-refractivity contribution is -0.126. The van der Waals surface area contributed by atoms with Crippen molar-refractivity contribution in [1.29, 1.82) is 0 Å². The molecule has 25 heavy (non-hydrogen) atoms. The fourth-order valence-electron chi connectivity index (χ4n) is 2.99. The molecule has 3 rings (SSSR count). The van der Waals surface area contributed by atoms with Gasteiger partial charge in [0.1, 0.15) is 11.9 Å².